The van der Waals surface area contributed by atoms with Crippen molar-refractivity contribution in [2.45, 2.75) is 26.3 Å². The lowest BCUT2D eigenvalue weighted by Crippen LogP contribution is -3.00. The van der Waals surface area contributed by atoms with E-state index in [2.05, 4.69) is 43.4 Å². The van der Waals surface area contributed by atoms with E-state index in [4.69, 9.17) is 14.2 Å². The quantitative estimate of drug-likeness (QED) is 0.727. The van der Waals surface area contributed by atoms with E-state index in [-0.39, 0.29) is 12.4 Å². The third-order valence-electron chi connectivity index (χ3n) is 3.90. The molecular weight excluding hydrogens is 326 g/mol. The number of ether oxygens (including phenoxy) is 3. The van der Waals surface area contributed by atoms with E-state index in [0.717, 1.165) is 12.1 Å². The summed E-state index contributed by atoms with van der Waals surface area (Å²) in [4.78, 5) is 0. The first-order valence-corrected chi connectivity index (χ1v) is 7.81. The second-order valence-electron chi connectivity index (χ2n) is 5.76. The molecule has 0 bridgehead atoms. The second-order valence-corrected chi connectivity index (χ2v) is 5.76. The Morgan fingerprint density at radius 3 is 1.83 bits per heavy atom. The van der Waals surface area contributed by atoms with E-state index in [1.54, 1.807) is 21.3 Å². The van der Waals surface area contributed by atoms with Crippen LogP contribution in [-0.2, 0) is 6.54 Å². The average molecular weight is 352 g/mol. The second kappa shape index (κ2) is 9.40. The number of methoxy groups -OCH3 is 3. The molecule has 4 nitrogen and oxygen atoms in total. The van der Waals surface area contributed by atoms with Crippen molar-refractivity contribution in [1.29, 1.82) is 0 Å². The number of rotatable bonds is 7. The molecular formula is C19H26ClNO3. The van der Waals surface area contributed by atoms with Crippen molar-refractivity contribution in [3.05, 3.63) is 47.5 Å². The van der Waals surface area contributed by atoms with E-state index >= 15 is 0 Å². The molecule has 0 aliphatic rings. The number of nitrogens with two attached hydrogens (primary N) is 1. The van der Waals surface area contributed by atoms with Gasteiger partial charge < -0.3 is 31.9 Å². The van der Waals surface area contributed by atoms with Crippen LogP contribution in [0.4, 0.5) is 5.69 Å². The van der Waals surface area contributed by atoms with Crippen LogP contribution in [0.2, 0.25) is 0 Å². The predicted octanol–water partition coefficient (Wildman–Crippen LogP) is 0.235. The zero-order chi connectivity index (χ0) is 16.8. The van der Waals surface area contributed by atoms with Crippen molar-refractivity contribution in [2.24, 2.45) is 0 Å². The van der Waals surface area contributed by atoms with Crippen LogP contribution in [0.25, 0.3) is 0 Å². The first kappa shape index (κ1) is 20.1. The minimum atomic E-state index is 0. The van der Waals surface area contributed by atoms with Crippen molar-refractivity contribution in [3.63, 3.8) is 0 Å². The minimum Gasteiger partial charge on any atom is -1.00 e. The van der Waals surface area contributed by atoms with Gasteiger partial charge >= 0.3 is 0 Å². The van der Waals surface area contributed by atoms with Crippen LogP contribution in [0, 0.1) is 0 Å². The molecule has 2 aromatic rings. The van der Waals surface area contributed by atoms with Crippen molar-refractivity contribution in [2.75, 3.05) is 21.3 Å². The summed E-state index contributed by atoms with van der Waals surface area (Å²) in [7, 11) is 4.88. The van der Waals surface area contributed by atoms with Gasteiger partial charge in [0.15, 0.2) is 11.5 Å². The molecule has 0 heterocycles. The van der Waals surface area contributed by atoms with Crippen molar-refractivity contribution < 1.29 is 31.9 Å². The smallest absolute Gasteiger partial charge is 0.203 e. The third kappa shape index (κ3) is 4.79. The first-order valence-electron chi connectivity index (χ1n) is 7.81. The van der Waals surface area contributed by atoms with Gasteiger partial charge in [0, 0.05) is 5.56 Å². The highest BCUT2D eigenvalue weighted by molar-refractivity contribution is 5.53. The van der Waals surface area contributed by atoms with Gasteiger partial charge in [0.2, 0.25) is 5.75 Å². The molecule has 5 heteroatoms. The summed E-state index contributed by atoms with van der Waals surface area (Å²) in [5.74, 6) is 2.55. The predicted molar refractivity (Wildman–Crippen MR) is 91.9 cm³/mol. The van der Waals surface area contributed by atoms with Gasteiger partial charge in [-0.2, -0.15) is 0 Å². The molecule has 0 radical (unpaired) electrons. The summed E-state index contributed by atoms with van der Waals surface area (Å²) >= 11 is 0. The highest BCUT2D eigenvalue weighted by Gasteiger charge is 2.14. The molecule has 0 unspecified atom stereocenters. The summed E-state index contributed by atoms with van der Waals surface area (Å²) in [5, 5.41) is 2.20. The van der Waals surface area contributed by atoms with Crippen LogP contribution >= 0.6 is 0 Å². The number of hydrogen-bond acceptors (Lipinski definition) is 3. The van der Waals surface area contributed by atoms with E-state index in [1.165, 1.54) is 11.3 Å². The van der Waals surface area contributed by atoms with E-state index in [0.29, 0.717) is 23.2 Å². The molecule has 0 saturated carbocycles. The third-order valence-corrected chi connectivity index (χ3v) is 3.90. The largest absolute Gasteiger partial charge is 1.00 e. The average Bonchev–Trinajstić information content (AvgIpc) is 2.59. The fourth-order valence-corrected chi connectivity index (χ4v) is 2.51. The highest BCUT2D eigenvalue weighted by Crippen LogP contribution is 2.37. The topological polar surface area (TPSA) is 44.3 Å². The Hall–Kier alpha value is -1.91. The molecule has 2 rings (SSSR count). The van der Waals surface area contributed by atoms with E-state index < -0.39 is 0 Å². The normalized spacial score (nSPS) is 10.2. The van der Waals surface area contributed by atoms with Gasteiger partial charge in [0.05, 0.1) is 21.3 Å². The Labute approximate surface area is 150 Å². The van der Waals surface area contributed by atoms with E-state index in [9.17, 15) is 0 Å². The van der Waals surface area contributed by atoms with Crippen LogP contribution in [0.15, 0.2) is 36.4 Å². The Bertz CT molecular complexity index is 617. The molecule has 2 aromatic carbocycles. The summed E-state index contributed by atoms with van der Waals surface area (Å²) < 4.78 is 16.1. The summed E-state index contributed by atoms with van der Waals surface area (Å²) in [5.41, 5.74) is 3.69. The fraction of sp³-hybridized carbons (Fsp3) is 0.368. The van der Waals surface area contributed by atoms with E-state index in [1.807, 2.05) is 12.1 Å². The van der Waals surface area contributed by atoms with Crippen molar-refractivity contribution in [1.82, 2.24) is 0 Å². The maximum atomic E-state index is 5.39. The molecule has 0 fully saturated rings. The Morgan fingerprint density at radius 2 is 1.42 bits per heavy atom. The number of quaternary nitrogens is 1. The Kier molecular flexibility index (Phi) is 7.89. The molecule has 24 heavy (non-hydrogen) atoms. The molecule has 0 aliphatic carbocycles. The molecule has 132 valence electrons. The van der Waals surface area contributed by atoms with Gasteiger partial charge in [-0.25, -0.2) is 0 Å². The van der Waals surface area contributed by atoms with Gasteiger partial charge in [0.25, 0.3) is 0 Å². The van der Waals surface area contributed by atoms with Gasteiger partial charge in [-0.3, -0.25) is 0 Å². The fourth-order valence-electron chi connectivity index (χ4n) is 2.51. The lowest BCUT2D eigenvalue weighted by molar-refractivity contribution is -0.588. The van der Waals surface area contributed by atoms with Gasteiger partial charge in [-0.15, -0.1) is 0 Å². The number of benzene rings is 2. The molecule has 0 amide bonds. The molecule has 0 saturated heterocycles. The van der Waals surface area contributed by atoms with Gasteiger partial charge in [0.1, 0.15) is 12.2 Å². The van der Waals surface area contributed by atoms with Crippen molar-refractivity contribution in [3.8, 4) is 17.2 Å². The molecule has 0 spiro atoms. The number of halogens is 1. The van der Waals surface area contributed by atoms with Gasteiger partial charge in [-0.05, 0) is 35.7 Å². The molecule has 0 aliphatic heterocycles. The summed E-state index contributed by atoms with van der Waals surface area (Å²) in [6.45, 7) is 5.21. The molecule has 0 aromatic heterocycles. The monoisotopic (exact) mass is 351 g/mol. The molecule has 0 atom stereocenters. The van der Waals surface area contributed by atoms with Gasteiger partial charge in [-0.1, -0.05) is 26.0 Å². The van der Waals surface area contributed by atoms with Crippen LogP contribution in [0.1, 0.15) is 30.9 Å². The summed E-state index contributed by atoms with van der Waals surface area (Å²) in [6.07, 6.45) is 0. The minimum absolute atomic E-state index is 0. The van der Waals surface area contributed by atoms with Crippen LogP contribution < -0.4 is 31.9 Å². The van der Waals surface area contributed by atoms with Crippen molar-refractivity contribution >= 4 is 5.69 Å². The lowest BCUT2D eigenvalue weighted by atomic mass is 10.0. The maximum absolute atomic E-state index is 5.39. The zero-order valence-corrected chi connectivity index (χ0v) is 15.7. The van der Waals surface area contributed by atoms with Crippen LogP contribution in [0.3, 0.4) is 0 Å². The number of hydrogen-bond donors (Lipinski definition) is 1. The van der Waals surface area contributed by atoms with Crippen LogP contribution in [-0.4, -0.2) is 21.3 Å². The van der Waals surface area contributed by atoms with Crippen LogP contribution in [0.5, 0.6) is 17.2 Å². The standard InChI is InChI=1S/C19H25NO3.ClH/c1-13(2)15-6-8-16(9-7-15)20-12-14-10-17(21-3)19(23-5)18(11-14)22-4;/h6-11,13,20H,12H2,1-5H3;1H. The maximum Gasteiger partial charge on any atom is 0.203 e. The highest BCUT2D eigenvalue weighted by atomic mass is 35.5. The molecule has 2 N–H and O–H groups in total. The Morgan fingerprint density at radius 1 is 0.875 bits per heavy atom. The Balaban J connectivity index is 0.00000288. The zero-order valence-electron chi connectivity index (χ0n) is 14.9. The SMILES string of the molecule is COc1cc(C[NH2+]c2ccc(C(C)C)cc2)cc(OC)c1OC.[Cl-]. The lowest BCUT2D eigenvalue weighted by Gasteiger charge is -2.13. The summed E-state index contributed by atoms with van der Waals surface area (Å²) in [6, 6.07) is 12.7. The first-order chi connectivity index (χ1) is 11.1.